The minimum absolute atomic E-state index is 0.536. The van der Waals surface area contributed by atoms with E-state index >= 15 is 0 Å². The van der Waals surface area contributed by atoms with Gasteiger partial charge < -0.3 is 5.32 Å². The normalized spacial score (nSPS) is 25.3. The van der Waals surface area contributed by atoms with E-state index in [0.717, 1.165) is 13.1 Å². The summed E-state index contributed by atoms with van der Waals surface area (Å²) in [5.41, 5.74) is 1.43. The molecule has 0 saturated carbocycles. The molecular weight excluding hydrogens is 288 g/mol. The third-order valence-electron chi connectivity index (χ3n) is 3.89. The monoisotopic (exact) mass is 310 g/mol. The first-order chi connectivity index (χ1) is 8.74. The molecule has 1 aromatic rings. The summed E-state index contributed by atoms with van der Waals surface area (Å²) in [6.45, 7) is 5.56. The molecule has 1 aromatic carbocycles. The average Bonchev–Trinajstić information content (AvgIpc) is 2.38. The lowest BCUT2D eigenvalue weighted by molar-refractivity contribution is 0.119. The molecule has 0 aromatic heterocycles. The molecule has 1 fully saturated rings. The predicted molar refractivity (Wildman–Crippen MR) is 80.8 cm³/mol. The summed E-state index contributed by atoms with van der Waals surface area (Å²) in [7, 11) is 2.25. The Balaban J connectivity index is 2.21. The minimum Gasteiger partial charge on any atom is -0.317 e. The van der Waals surface area contributed by atoms with Crippen LogP contribution in [-0.4, -0.2) is 31.6 Å². The molecule has 2 unspecified atom stereocenters. The number of halogens is 1. The summed E-state index contributed by atoms with van der Waals surface area (Å²) in [6, 6.07) is 9.19. The summed E-state index contributed by atoms with van der Waals surface area (Å²) < 4.78 is 1.24. The maximum Gasteiger partial charge on any atom is 0.0396 e. The third kappa shape index (κ3) is 3.14. The second kappa shape index (κ2) is 6.69. The van der Waals surface area contributed by atoms with Gasteiger partial charge in [0.1, 0.15) is 0 Å². The van der Waals surface area contributed by atoms with Gasteiger partial charge in [0.2, 0.25) is 0 Å². The van der Waals surface area contributed by atoms with E-state index in [-0.39, 0.29) is 0 Å². The summed E-state index contributed by atoms with van der Waals surface area (Å²) in [6.07, 6.45) is 2.64. The Morgan fingerprint density at radius 3 is 2.89 bits per heavy atom. The molecule has 1 aliphatic rings. The first-order valence-corrected chi connectivity index (χ1v) is 7.68. The Hall–Kier alpha value is -0.380. The van der Waals surface area contributed by atoms with Crippen molar-refractivity contribution in [3.63, 3.8) is 0 Å². The van der Waals surface area contributed by atoms with Crippen LogP contribution in [0.4, 0.5) is 0 Å². The van der Waals surface area contributed by atoms with Crippen molar-refractivity contribution < 1.29 is 0 Å². The predicted octanol–water partition coefficient (Wildman–Crippen LogP) is 3.44. The van der Waals surface area contributed by atoms with Gasteiger partial charge in [-0.25, -0.2) is 0 Å². The lowest BCUT2D eigenvalue weighted by Gasteiger charge is -2.40. The van der Waals surface area contributed by atoms with Gasteiger partial charge in [0.05, 0.1) is 0 Å². The number of nitrogens with one attached hydrogen (secondary N) is 1. The Morgan fingerprint density at radius 2 is 2.17 bits per heavy atom. The van der Waals surface area contributed by atoms with Gasteiger partial charge >= 0.3 is 0 Å². The average molecular weight is 311 g/mol. The van der Waals surface area contributed by atoms with Crippen LogP contribution in [0.5, 0.6) is 0 Å². The summed E-state index contributed by atoms with van der Waals surface area (Å²) in [5, 5.41) is 3.52. The van der Waals surface area contributed by atoms with E-state index in [0.29, 0.717) is 12.0 Å². The molecule has 18 heavy (non-hydrogen) atoms. The van der Waals surface area contributed by atoms with E-state index < -0.39 is 0 Å². The van der Waals surface area contributed by atoms with Crippen molar-refractivity contribution >= 4 is 15.9 Å². The molecule has 0 spiro atoms. The van der Waals surface area contributed by atoms with Crippen LogP contribution < -0.4 is 5.32 Å². The van der Waals surface area contributed by atoms with Crippen LogP contribution in [-0.2, 0) is 0 Å². The molecule has 2 rings (SSSR count). The summed E-state index contributed by atoms with van der Waals surface area (Å²) >= 11 is 3.71. The van der Waals surface area contributed by atoms with Gasteiger partial charge in [-0.3, -0.25) is 4.90 Å². The number of piperidine rings is 1. The lowest BCUT2D eigenvalue weighted by atomic mass is 9.85. The molecule has 0 bridgehead atoms. The quantitative estimate of drug-likeness (QED) is 0.916. The topological polar surface area (TPSA) is 15.3 Å². The maximum absolute atomic E-state index is 3.71. The van der Waals surface area contributed by atoms with Crippen molar-refractivity contribution in [1.29, 1.82) is 0 Å². The zero-order valence-electron chi connectivity index (χ0n) is 11.3. The van der Waals surface area contributed by atoms with Gasteiger partial charge in [0.15, 0.2) is 0 Å². The van der Waals surface area contributed by atoms with Crippen LogP contribution in [0, 0.1) is 5.92 Å². The highest BCUT2D eigenvalue weighted by molar-refractivity contribution is 9.10. The highest BCUT2D eigenvalue weighted by Crippen LogP contribution is 2.37. The van der Waals surface area contributed by atoms with Gasteiger partial charge in [-0.2, -0.15) is 0 Å². The molecule has 0 aliphatic carbocycles. The number of likely N-dealkylation sites (tertiary alicyclic amines) is 1. The summed E-state index contributed by atoms with van der Waals surface area (Å²) in [5.74, 6) is 0.711. The molecule has 2 nitrogen and oxygen atoms in total. The van der Waals surface area contributed by atoms with Crippen molar-refractivity contribution in [2.75, 3.05) is 26.7 Å². The second-order valence-corrected chi connectivity index (χ2v) is 6.01. The Kier molecular flexibility index (Phi) is 5.22. The summed E-state index contributed by atoms with van der Waals surface area (Å²) in [4.78, 5) is 2.51. The number of nitrogens with zero attached hydrogens (tertiary/aromatic N) is 1. The zero-order chi connectivity index (χ0) is 13.0. The Bertz CT molecular complexity index is 381. The maximum atomic E-state index is 3.71. The molecule has 100 valence electrons. The van der Waals surface area contributed by atoms with E-state index in [1.54, 1.807) is 0 Å². The van der Waals surface area contributed by atoms with Gasteiger partial charge in [0, 0.05) is 10.5 Å². The molecule has 0 radical (unpaired) electrons. The molecule has 1 aliphatic heterocycles. The van der Waals surface area contributed by atoms with Gasteiger partial charge in [-0.05, 0) is 57.1 Å². The van der Waals surface area contributed by atoms with Gasteiger partial charge in [0.25, 0.3) is 0 Å². The van der Waals surface area contributed by atoms with Crippen LogP contribution in [0.3, 0.4) is 0 Å². The second-order valence-electron chi connectivity index (χ2n) is 5.16. The molecule has 0 amide bonds. The zero-order valence-corrected chi connectivity index (χ0v) is 12.9. The number of rotatable bonds is 4. The van der Waals surface area contributed by atoms with Crippen LogP contribution >= 0.6 is 15.9 Å². The first kappa shape index (κ1) is 14.0. The number of hydrogen-bond donors (Lipinski definition) is 1. The standard InChI is InChI=1S/C15H23BrN2/c1-3-17-11-12-7-6-10-18(2)15(12)13-8-4-5-9-14(13)16/h4-5,8-9,12,15,17H,3,6-7,10-11H2,1-2H3. The van der Waals surface area contributed by atoms with Crippen molar-refractivity contribution in [2.24, 2.45) is 5.92 Å². The number of benzene rings is 1. The van der Waals surface area contributed by atoms with Crippen LogP contribution in [0.15, 0.2) is 28.7 Å². The molecule has 3 heteroatoms. The van der Waals surface area contributed by atoms with Crippen molar-refractivity contribution in [1.82, 2.24) is 10.2 Å². The van der Waals surface area contributed by atoms with E-state index in [2.05, 4.69) is 64.4 Å². The van der Waals surface area contributed by atoms with Crippen molar-refractivity contribution in [3.05, 3.63) is 34.3 Å². The van der Waals surface area contributed by atoms with Crippen molar-refractivity contribution in [2.45, 2.75) is 25.8 Å². The minimum atomic E-state index is 0.536. The lowest BCUT2D eigenvalue weighted by Crippen LogP contribution is -2.40. The van der Waals surface area contributed by atoms with Crippen LogP contribution in [0.1, 0.15) is 31.4 Å². The fourth-order valence-electron chi connectivity index (χ4n) is 3.01. The Labute approximate surface area is 119 Å². The molecular formula is C15H23BrN2. The molecule has 1 saturated heterocycles. The largest absolute Gasteiger partial charge is 0.317 e. The molecule has 1 heterocycles. The van der Waals surface area contributed by atoms with E-state index in [1.165, 1.54) is 29.4 Å². The van der Waals surface area contributed by atoms with E-state index in [4.69, 9.17) is 0 Å². The highest BCUT2D eigenvalue weighted by atomic mass is 79.9. The molecule has 1 N–H and O–H groups in total. The van der Waals surface area contributed by atoms with E-state index in [1.807, 2.05) is 0 Å². The fourth-order valence-corrected chi connectivity index (χ4v) is 3.53. The smallest absolute Gasteiger partial charge is 0.0396 e. The van der Waals surface area contributed by atoms with Crippen LogP contribution in [0.2, 0.25) is 0 Å². The molecule has 2 atom stereocenters. The van der Waals surface area contributed by atoms with Crippen LogP contribution in [0.25, 0.3) is 0 Å². The van der Waals surface area contributed by atoms with Gasteiger partial charge in [-0.15, -0.1) is 0 Å². The first-order valence-electron chi connectivity index (χ1n) is 6.89. The van der Waals surface area contributed by atoms with E-state index in [9.17, 15) is 0 Å². The Morgan fingerprint density at radius 1 is 1.39 bits per heavy atom. The third-order valence-corrected chi connectivity index (χ3v) is 4.61. The fraction of sp³-hybridized carbons (Fsp3) is 0.600. The van der Waals surface area contributed by atoms with Crippen molar-refractivity contribution in [3.8, 4) is 0 Å². The van der Waals surface area contributed by atoms with Gasteiger partial charge in [-0.1, -0.05) is 41.1 Å². The number of hydrogen-bond acceptors (Lipinski definition) is 2. The highest BCUT2D eigenvalue weighted by Gasteiger charge is 2.31. The SMILES string of the molecule is CCNCC1CCCN(C)C1c1ccccc1Br.